The second-order valence-electron chi connectivity index (χ2n) is 4.21. The molecule has 2 unspecified atom stereocenters. The Hall–Kier alpha value is -0.970. The van der Waals surface area contributed by atoms with Crippen LogP contribution in [0.1, 0.15) is 18.7 Å². The van der Waals surface area contributed by atoms with Crippen molar-refractivity contribution in [2.24, 2.45) is 5.73 Å². The van der Waals surface area contributed by atoms with Gasteiger partial charge in [0.15, 0.2) is 0 Å². The van der Waals surface area contributed by atoms with Gasteiger partial charge in [0.05, 0.1) is 24.9 Å². The van der Waals surface area contributed by atoms with Crippen molar-refractivity contribution in [1.82, 2.24) is 9.88 Å². The van der Waals surface area contributed by atoms with Crippen molar-refractivity contribution >= 4 is 0 Å². The van der Waals surface area contributed by atoms with Gasteiger partial charge in [0.1, 0.15) is 0 Å². The van der Waals surface area contributed by atoms with Gasteiger partial charge in [-0.15, -0.1) is 0 Å². The third-order valence-electron chi connectivity index (χ3n) is 2.93. The van der Waals surface area contributed by atoms with Gasteiger partial charge in [-0.3, -0.25) is 9.88 Å². The lowest BCUT2D eigenvalue weighted by atomic mass is 10.0. The summed E-state index contributed by atoms with van der Waals surface area (Å²) in [4.78, 5) is 6.77. The number of nitrogens with zero attached hydrogens (tertiary/aromatic N) is 2. The van der Waals surface area contributed by atoms with Crippen LogP contribution in [0.2, 0.25) is 0 Å². The number of pyridine rings is 1. The van der Waals surface area contributed by atoms with Crippen LogP contribution < -0.4 is 5.73 Å². The molecule has 4 heteroatoms. The molecule has 4 nitrogen and oxygen atoms in total. The zero-order valence-corrected chi connectivity index (χ0v) is 9.67. The van der Waals surface area contributed by atoms with E-state index in [0.29, 0.717) is 0 Å². The number of aromatic nitrogens is 1. The normalized spacial score (nSPS) is 21.6. The van der Waals surface area contributed by atoms with Gasteiger partial charge in [-0.05, 0) is 19.1 Å². The summed E-state index contributed by atoms with van der Waals surface area (Å²) < 4.78 is 5.36. The maximum absolute atomic E-state index is 6.08. The molecule has 1 aliphatic heterocycles. The number of hydrogen-bond donors (Lipinski definition) is 1. The van der Waals surface area contributed by atoms with Gasteiger partial charge >= 0.3 is 0 Å². The van der Waals surface area contributed by atoms with Crippen LogP contribution in [0.25, 0.3) is 0 Å². The highest BCUT2D eigenvalue weighted by atomic mass is 16.5. The fraction of sp³-hybridized carbons (Fsp3) is 0.583. The number of rotatable bonds is 3. The van der Waals surface area contributed by atoms with Gasteiger partial charge in [-0.1, -0.05) is 6.07 Å². The first kappa shape index (κ1) is 11.5. The van der Waals surface area contributed by atoms with E-state index in [9.17, 15) is 0 Å². The molecule has 0 spiro atoms. The molecule has 0 radical (unpaired) electrons. The Kier molecular flexibility index (Phi) is 3.88. The summed E-state index contributed by atoms with van der Waals surface area (Å²) in [7, 11) is 0. The highest BCUT2D eigenvalue weighted by Gasteiger charge is 2.26. The van der Waals surface area contributed by atoms with E-state index in [-0.39, 0.29) is 12.1 Å². The maximum atomic E-state index is 6.08. The van der Waals surface area contributed by atoms with Gasteiger partial charge in [0.25, 0.3) is 0 Å². The van der Waals surface area contributed by atoms with E-state index in [1.54, 1.807) is 0 Å². The molecule has 2 heterocycles. The summed E-state index contributed by atoms with van der Waals surface area (Å²) in [5.41, 5.74) is 7.13. The maximum Gasteiger partial charge on any atom is 0.0672 e. The number of ether oxygens (including phenoxy) is 1. The van der Waals surface area contributed by atoms with Gasteiger partial charge in [-0.2, -0.15) is 0 Å². The van der Waals surface area contributed by atoms with Crippen LogP contribution in [0.4, 0.5) is 0 Å². The molecule has 2 rings (SSSR count). The Bertz CT molecular complexity index is 309. The van der Waals surface area contributed by atoms with Crippen LogP contribution in [-0.4, -0.2) is 42.2 Å². The predicted molar refractivity (Wildman–Crippen MR) is 63.0 cm³/mol. The first-order valence-electron chi connectivity index (χ1n) is 5.77. The van der Waals surface area contributed by atoms with Crippen LogP contribution in [0.3, 0.4) is 0 Å². The monoisotopic (exact) mass is 221 g/mol. The zero-order valence-electron chi connectivity index (χ0n) is 9.67. The van der Waals surface area contributed by atoms with Crippen molar-refractivity contribution in [3.63, 3.8) is 0 Å². The Balaban J connectivity index is 2.16. The largest absolute Gasteiger partial charge is 0.379 e. The van der Waals surface area contributed by atoms with E-state index in [1.807, 2.05) is 31.3 Å². The lowest BCUT2D eigenvalue weighted by Gasteiger charge is -2.36. The van der Waals surface area contributed by atoms with E-state index < -0.39 is 0 Å². The van der Waals surface area contributed by atoms with Crippen LogP contribution in [0, 0.1) is 0 Å². The van der Waals surface area contributed by atoms with E-state index in [2.05, 4.69) is 9.88 Å². The smallest absolute Gasteiger partial charge is 0.0672 e. The Morgan fingerprint density at radius 2 is 2.12 bits per heavy atom. The summed E-state index contributed by atoms with van der Waals surface area (Å²) in [6.45, 7) is 5.48. The number of morpholine rings is 1. The Morgan fingerprint density at radius 1 is 1.38 bits per heavy atom. The van der Waals surface area contributed by atoms with Crippen molar-refractivity contribution in [3.8, 4) is 0 Å². The van der Waals surface area contributed by atoms with Crippen molar-refractivity contribution in [1.29, 1.82) is 0 Å². The highest BCUT2D eigenvalue weighted by molar-refractivity contribution is 5.11. The molecule has 1 saturated heterocycles. The average molecular weight is 221 g/mol. The Labute approximate surface area is 96.4 Å². The zero-order chi connectivity index (χ0) is 11.4. The molecule has 88 valence electrons. The fourth-order valence-corrected chi connectivity index (χ4v) is 2.20. The summed E-state index contributed by atoms with van der Waals surface area (Å²) >= 11 is 0. The van der Waals surface area contributed by atoms with E-state index >= 15 is 0 Å². The molecule has 0 aliphatic carbocycles. The minimum Gasteiger partial charge on any atom is -0.379 e. The highest BCUT2D eigenvalue weighted by Crippen LogP contribution is 2.22. The lowest BCUT2D eigenvalue weighted by molar-refractivity contribution is 0.0107. The summed E-state index contributed by atoms with van der Waals surface area (Å²) in [5, 5.41) is 0. The lowest BCUT2D eigenvalue weighted by Crippen LogP contribution is -2.45. The topological polar surface area (TPSA) is 51.4 Å². The SMILES string of the molecule is CC(N)C(c1ccccn1)N1CCOCC1. The summed E-state index contributed by atoms with van der Waals surface area (Å²) in [5.74, 6) is 0. The van der Waals surface area contributed by atoms with Crippen LogP contribution >= 0.6 is 0 Å². The van der Waals surface area contributed by atoms with E-state index in [1.165, 1.54) is 0 Å². The molecule has 1 fully saturated rings. The van der Waals surface area contributed by atoms with Crippen molar-refractivity contribution in [3.05, 3.63) is 30.1 Å². The van der Waals surface area contributed by atoms with Crippen LogP contribution in [-0.2, 0) is 4.74 Å². The van der Waals surface area contributed by atoms with Gasteiger partial charge in [0.2, 0.25) is 0 Å². The molecule has 2 atom stereocenters. The molecule has 0 bridgehead atoms. The summed E-state index contributed by atoms with van der Waals surface area (Å²) in [6, 6.07) is 6.26. The third kappa shape index (κ3) is 2.58. The fourth-order valence-electron chi connectivity index (χ4n) is 2.20. The standard InChI is InChI=1S/C12H19N3O/c1-10(13)12(11-4-2-3-5-14-11)15-6-8-16-9-7-15/h2-5,10,12H,6-9,13H2,1H3. The second-order valence-corrected chi connectivity index (χ2v) is 4.21. The first-order valence-corrected chi connectivity index (χ1v) is 5.77. The first-order chi connectivity index (χ1) is 7.79. The molecule has 0 amide bonds. The van der Waals surface area contributed by atoms with E-state index in [4.69, 9.17) is 10.5 Å². The molecule has 1 aliphatic rings. The molecular formula is C12H19N3O. The van der Waals surface area contributed by atoms with Crippen molar-refractivity contribution in [2.45, 2.75) is 19.0 Å². The minimum absolute atomic E-state index is 0.0769. The van der Waals surface area contributed by atoms with Crippen molar-refractivity contribution in [2.75, 3.05) is 26.3 Å². The number of hydrogen-bond acceptors (Lipinski definition) is 4. The molecule has 2 N–H and O–H groups in total. The molecular weight excluding hydrogens is 202 g/mol. The predicted octanol–water partition coefficient (Wildman–Crippen LogP) is 0.802. The van der Waals surface area contributed by atoms with Crippen LogP contribution in [0.15, 0.2) is 24.4 Å². The average Bonchev–Trinajstić information content (AvgIpc) is 2.31. The molecule has 0 aromatic carbocycles. The Morgan fingerprint density at radius 3 is 2.69 bits per heavy atom. The molecule has 1 aromatic heterocycles. The van der Waals surface area contributed by atoms with Gasteiger partial charge in [-0.25, -0.2) is 0 Å². The minimum atomic E-state index is 0.0769. The summed E-state index contributed by atoms with van der Waals surface area (Å²) in [6.07, 6.45) is 1.82. The van der Waals surface area contributed by atoms with E-state index in [0.717, 1.165) is 32.0 Å². The third-order valence-corrected chi connectivity index (χ3v) is 2.93. The molecule has 0 saturated carbocycles. The van der Waals surface area contributed by atoms with Crippen LogP contribution in [0.5, 0.6) is 0 Å². The van der Waals surface area contributed by atoms with Gasteiger partial charge in [0, 0.05) is 25.3 Å². The van der Waals surface area contributed by atoms with Crippen molar-refractivity contribution < 1.29 is 4.74 Å². The quantitative estimate of drug-likeness (QED) is 0.820. The number of nitrogens with two attached hydrogens (primary N) is 1. The molecule has 1 aromatic rings. The van der Waals surface area contributed by atoms with Gasteiger partial charge < -0.3 is 10.5 Å². The molecule has 16 heavy (non-hydrogen) atoms. The second kappa shape index (κ2) is 5.39.